The highest BCUT2D eigenvalue weighted by atomic mass is 15.4. The summed E-state index contributed by atoms with van der Waals surface area (Å²) < 4.78 is 1.79. The highest BCUT2D eigenvalue weighted by Gasteiger charge is 2.27. The maximum Gasteiger partial charge on any atom is 0.200 e. The van der Waals surface area contributed by atoms with Crippen molar-refractivity contribution in [1.82, 2.24) is 29.6 Å². The molecule has 2 aliphatic rings. The molecule has 0 amide bonds. The molecule has 2 fully saturated rings. The molecule has 0 bridgehead atoms. The summed E-state index contributed by atoms with van der Waals surface area (Å²) in [7, 11) is 2.23. The number of anilines is 1. The Morgan fingerprint density at radius 1 is 1.04 bits per heavy atom. The zero-order valence-corrected chi connectivity index (χ0v) is 14.0. The van der Waals surface area contributed by atoms with E-state index in [0.717, 1.165) is 49.2 Å². The van der Waals surface area contributed by atoms with Crippen molar-refractivity contribution >= 4 is 11.3 Å². The van der Waals surface area contributed by atoms with Crippen molar-refractivity contribution in [2.75, 3.05) is 51.2 Å². The Morgan fingerprint density at radius 3 is 2.52 bits per heavy atom. The van der Waals surface area contributed by atoms with Gasteiger partial charge in [0.05, 0.1) is 11.4 Å². The van der Waals surface area contributed by atoms with E-state index < -0.39 is 0 Å². The second-order valence-electron chi connectivity index (χ2n) is 6.83. The number of piperidine rings is 1. The van der Waals surface area contributed by atoms with Gasteiger partial charge in [-0.15, -0.1) is 10.2 Å². The number of aryl methyl sites for hydroxylation is 1. The van der Waals surface area contributed by atoms with E-state index in [0.29, 0.717) is 0 Å². The van der Waals surface area contributed by atoms with Crippen molar-refractivity contribution in [2.24, 2.45) is 0 Å². The molecule has 0 aliphatic carbocycles. The van der Waals surface area contributed by atoms with E-state index in [1.807, 2.05) is 6.92 Å². The number of hydrogen-bond acceptors (Lipinski definition) is 6. The van der Waals surface area contributed by atoms with Crippen LogP contribution in [0.25, 0.3) is 5.65 Å². The fourth-order valence-electron chi connectivity index (χ4n) is 3.85. The van der Waals surface area contributed by atoms with Gasteiger partial charge in [0, 0.05) is 32.2 Å². The van der Waals surface area contributed by atoms with Crippen LogP contribution in [0, 0.1) is 6.92 Å². The van der Waals surface area contributed by atoms with Gasteiger partial charge in [0.25, 0.3) is 0 Å². The normalized spacial score (nSPS) is 22.1. The Balaban J connectivity index is 1.45. The van der Waals surface area contributed by atoms with Crippen LogP contribution in [0.4, 0.5) is 5.69 Å². The zero-order valence-electron chi connectivity index (χ0n) is 14.0. The summed E-state index contributed by atoms with van der Waals surface area (Å²) in [6.45, 7) is 8.87. The molecule has 4 rings (SSSR count). The van der Waals surface area contributed by atoms with Crippen molar-refractivity contribution in [2.45, 2.75) is 25.8 Å². The van der Waals surface area contributed by atoms with Crippen LogP contribution in [0.2, 0.25) is 0 Å². The van der Waals surface area contributed by atoms with Crippen molar-refractivity contribution in [1.29, 1.82) is 0 Å². The average molecular weight is 315 g/mol. The fraction of sp³-hybridized carbons (Fsp3) is 0.688. The molecular formula is C16H25N7. The maximum atomic E-state index is 4.44. The molecule has 0 aromatic carbocycles. The summed E-state index contributed by atoms with van der Waals surface area (Å²) in [5.74, 6) is 0. The lowest BCUT2D eigenvalue weighted by Crippen LogP contribution is -2.53. The first-order chi connectivity index (χ1) is 11.2. The lowest BCUT2D eigenvalue weighted by atomic mass is 10.0. The van der Waals surface area contributed by atoms with Gasteiger partial charge in [-0.2, -0.15) is 9.61 Å². The monoisotopic (exact) mass is 315 g/mol. The first-order valence-corrected chi connectivity index (χ1v) is 8.56. The molecule has 4 heterocycles. The van der Waals surface area contributed by atoms with E-state index in [-0.39, 0.29) is 0 Å². The Hall–Kier alpha value is -1.73. The van der Waals surface area contributed by atoms with Crippen LogP contribution in [0.5, 0.6) is 0 Å². The van der Waals surface area contributed by atoms with Gasteiger partial charge < -0.3 is 9.80 Å². The Labute approximate surface area is 136 Å². The van der Waals surface area contributed by atoms with Crippen LogP contribution in [-0.4, -0.2) is 82.0 Å². The van der Waals surface area contributed by atoms with Crippen LogP contribution in [0.15, 0.2) is 12.4 Å². The molecule has 2 aromatic rings. The number of aromatic nitrogens is 4. The molecule has 7 heteroatoms. The molecule has 0 atom stereocenters. The highest BCUT2D eigenvalue weighted by Crippen LogP contribution is 2.24. The third-order valence-corrected chi connectivity index (χ3v) is 5.23. The minimum Gasteiger partial charge on any atom is -0.366 e. The van der Waals surface area contributed by atoms with Crippen molar-refractivity contribution in [3.05, 3.63) is 18.1 Å². The van der Waals surface area contributed by atoms with Gasteiger partial charge >= 0.3 is 0 Å². The number of piperazine rings is 1. The van der Waals surface area contributed by atoms with Gasteiger partial charge in [0.2, 0.25) is 5.65 Å². The van der Waals surface area contributed by atoms with Gasteiger partial charge in [0.1, 0.15) is 6.33 Å². The Kier molecular flexibility index (Phi) is 3.90. The molecule has 124 valence electrons. The average Bonchev–Trinajstić information content (AvgIpc) is 3.03. The van der Waals surface area contributed by atoms with E-state index >= 15 is 0 Å². The molecule has 0 saturated carbocycles. The van der Waals surface area contributed by atoms with Crippen LogP contribution < -0.4 is 4.90 Å². The van der Waals surface area contributed by atoms with E-state index in [2.05, 4.69) is 43.1 Å². The van der Waals surface area contributed by atoms with Crippen molar-refractivity contribution in [3.8, 4) is 0 Å². The maximum absolute atomic E-state index is 4.44. The molecule has 2 saturated heterocycles. The number of hydrogen-bond donors (Lipinski definition) is 0. The van der Waals surface area contributed by atoms with E-state index in [1.165, 1.54) is 25.9 Å². The Bertz CT molecular complexity index is 666. The molecule has 23 heavy (non-hydrogen) atoms. The molecule has 0 radical (unpaired) electrons. The van der Waals surface area contributed by atoms with Crippen LogP contribution in [0.3, 0.4) is 0 Å². The number of rotatable bonds is 2. The summed E-state index contributed by atoms with van der Waals surface area (Å²) in [5, 5.41) is 12.7. The summed E-state index contributed by atoms with van der Waals surface area (Å²) in [6, 6.07) is 2.90. The van der Waals surface area contributed by atoms with Crippen molar-refractivity contribution < 1.29 is 0 Å². The minimum atomic E-state index is 0.764. The van der Waals surface area contributed by atoms with Gasteiger partial charge in [-0.3, -0.25) is 4.90 Å². The lowest BCUT2D eigenvalue weighted by Gasteiger charge is -2.42. The summed E-state index contributed by atoms with van der Waals surface area (Å²) in [4.78, 5) is 7.55. The van der Waals surface area contributed by atoms with E-state index in [4.69, 9.17) is 0 Å². The molecule has 0 unspecified atom stereocenters. The number of likely N-dealkylation sites (tertiary alicyclic amines) is 1. The van der Waals surface area contributed by atoms with Crippen LogP contribution >= 0.6 is 0 Å². The second-order valence-corrected chi connectivity index (χ2v) is 6.83. The van der Waals surface area contributed by atoms with Gasteiger partial charge in [0.15, 0.2) is 0 Å². The summed E-state index contributed by atoms with van der Waals surface area (Å²) in [6.07, 6.45) is 4.29. The van der Waals surface area contributed by atoms with Gasteiger partial charge in [-0.1, -0.05) is 0 Å². The third-order valence-electron chi connectivity index (χ3n) is 5.23. The van der Waals surface area contributed by atoms with Gasteiger partial charge in [-0.25, -0.2) is 0 Å². The molecule has 7 nitrogen and oxygen atoms in total. The fourth-order valence-corrected chi connectivity index (χ4v) is 3.85. The van der Waals surface area contributed by atoms with Crippen LogP contribution in [0.1, 0.15) is 18.5 Å². The highest BCUT2D eigenvalue weighted by molar-refractivity contribution is 5.68. The number of nitrogens with zero attached hydrogens (tertiary/aromatic N) is 7. The molecule has 0 N–H and O–H groups in total. The third kappa shape index (κ3) is 2.90. The molecule has 2 aromatic heterocycles. The molecular weight excluding hydrogens is 290 g/mol. The van der Waals surface area contributed by atoms with Crippen LogP contribution in [-0.2, 0) is 0 Å². The van der Waals surface area contributed by atoms with E-state index in [9.17, 15) is 0 Å². The zero-order chi connectivity index (χ0) is 15.8. The quantitative estimate of drug-likeness (QED) is 0.811. The topological polar surface area (TPSA) is 52.8 Å². The van der Waals surface area contributed by atoms with Gasteiger partial charge in [-0.05, 0) is 46.0 Å². The number of fused-ring (bicyclic) bond motifs is 1. The molecule has 0 spiro atoms. The standard InChI is InChI=1S/C16H25N7/c1-13-11-15(16-18-17-12-23(16)19-13)22-9-7-21(8-10-22)14-3-5-20(2)6-4-14/h11-12,14H,3-10H2,1-2H3. The first kappa shape index (κ1) is 14.8. The SMILES string of the molecule is Cc1cc(N2CCN(C3CCN(C)CC3)CC2)c2nncn2n1. The predicted molar refractivity (Wildman–Crippen MR) is 89.8 cm³/mol. The summed E-state index contributed by atoms with van der Waals surface area (Å²) in [5.41, 5.74) is 3.03. The summed E-state index contributed by atoms with van der Waals surface area (Å²) >= 11 is 0. The minimum absolute atomic E-state index is 0.764. The largest absolute Gasteiger partial charge is 0.366 e. The van der Waals surface area contributed by atoms with Crippen molar-refractivity contribution in [3.63, 3.8) is 0 Å². The smallest absolute Gasteiger partial charge is 0.200 e. The van der Waals surface area contributed by atoms with E-state index in [1.54, 1.807) is 10.8 Å². The first-order valence-electron chi connectivity index (χ1n) is 8.56. The second kappa shape index (κ2) is 6.05. The molecule has 2 aliphatic heterocycles. The predicted octanol–water partition coefficient (Wildman–Crippen LogP) is 0.649. The lowest BCUT2D eigenvalue weighted by molar-refractivity contribution is 0.115. The Morgan fingerprint density at radius 2 is 1.78 bits per heavy atom.